The van der Waals surface area contributed by atoms with Gasteiger partial charge in [0.05, 0.1) is 19.1 Å². The second kappa shape index (κ2) is 8.97. The predicted molar refractivity (Wildman–Crippen MR) is 121 cm³/mol. The van der Waals surface area contributed by atoms with Crippen LogP contribution < -0.4 is 19.5 Å². The summed E-state index contributed by atoms with van der Waals surface area (Å²) in [6.07, 6.45) is 1.67. The maximum atomic E-state index is 11.7. The minimum atomic E-state index is -0.374. The van der Waals surface area contributed by atoms with E-state index in [0.717, 1.165) is 34.2 Å². The smallest absolute Gasteiger partial charge is 0.290 e. The van der Waals surface area contributed by atoms with E-state index in [1.165, 1.54) is 0 Å². The first kappa shape index (κ1) is 20.6. The summed E-state index contributed by atoms with van der Waals surface area (Å²) in [6.45, 7) is 0. The van der Waals surface area contributed by atoms with E-state index < -0.39 is 0 Å². The van der Waals surface area contributed by atoms with E-state index >= 15 is 0 Å². The van der Waals surface area contributed by atoms with Crippen LogP contribution >= 0.6 is 11.8 Å². The van der Waals surface area contributed by atoms with Gasteiger partial charge in [-0.1, -0.05) is 24.3 Å². The van der Waals surface area contributed by atoms with E-state index in [1.54, 1.807) is 20.3 Å². The molecule has 7 heteroatoms. The van der Waals surface area contributed by atoms with E-state index in [1.807, 2.05) is 66.7 Å². The molecule has 4 rings (SSSR count). The standard InChI is InChI=1S/C24H19NO5S/c1-28-18-10-11-20(21(14-18)29-2)16-4-3-5-19(13-16)30-17-8-6-15(7-9-17)12-22-23(26)25-24(27)31-22/h3-14H,1-2H3,(H,25,26,27)/b22-12-. The largest absolute Gasteiger partial charge is 0.497 e. The Morgan fingerprint density at radius 3 is 2.29 bits per heavy atom. The first-order valence-electron chi connectivity index (χ1n) is 9.41. The number of thioether (sulfide) groups is 1. The van der Waals surface area contributed by atoms with Crippen molar-refractivity contribution in [3.63, 3.8) is 0 Å². The Kier molecular flexibility index (Phi) is 5.95. The van der Waals surface area contributed by atoms with Crippen molar-refractivity contribution in [2.24, 2.45) is 0 Å². The van der Waals surface area contributed by atoms with E-state index in [2.05, 4.69) is 5.32 Å². The fourth-order valence-electron chi connectivity index (χ4n) is 3.10. The molecule has 6 nitrogen and oxygen atoms in total. The number of hydrogen-bond donors (Lipinski definition) is 1. The van der Waals surface area contributed by atoms with Crippen LogP contribution in [-0.2, 0) is 4.79 Å². The highest BCUT2D eigenvalue weighted by molar-refractivity contribution is 8.18. The lowest BCUT2D eigenvalue weighted by Gasteiger charge is -2.12. The van der Waals surface area contributed by atoms with E-state index in [9.17, 15) is 9.59 Å². The van der Waals surface area contributed by atoms with Gasteiger partial charge in [0, 0.05) is 11.6 Å². The van der Waals surface area contributed by atoms with E-state index in [-0.39, 0.29) is 11.1 Å². The lowest BCUT2D eigenvalue weighted by atomic mass is 10.0. The molecule has 0 atom stereocenters. The Balaban J connectivity index is 1.53. The number of rotatable bonds is 6. The molecular formula is C24H19NO5S. The molecule has 3 aromatic carbocycles. The Labute approximate surface area is 183 Å². The van der Waals surface area contributed by atoms with Crippen LogP contribution in [0.4, 0.5) is 4.79 Å². The van der Waals surface area contributed by atoms with Crippen molar-refractivity contribution < 1.29 is 23.8 Å². The third-order valence-corrected chi connectivity index (χ3v) is 5.42. The van der Waals surface area contributed by atoms with Gasteiger partial charge >= 0.3 is 0 Å². The molecule has 0 aromatic heterocycles. The molecule has 0 spiro atoms. The van der Waals surface area contributed by atoms with E-state index in [0.29, 0.717) is 22.2 Å². The molecule has 1 fully saturated rings. The van der Waals surface area contributed by atoms with Gasteiger partial charge in [-0.2, -0.15) is 0 Å². The second-order valence-electron chi connectivity index (χ2n) is 6.62. The van der Waals surface area contributed by atoms with Crippen LogP contribution in [0.15, 0.2) is 71.6 Å². The zero-order valence-electron chi connectivity index (χ0n) is 16.9. The van der Waals surface area contributed by atoms with Crippen LogP contribution in [0.5, 0.6) is 23.0 Å². The first-order valence-corrected chi connectivity index (χ1v) is 10.2. The number of amides is 2. The molecular weight excluding hydrogens is 414 g/mol. The van der Waals surface area contributed by atoms with Gasteiger partial charge in [-0.25, -0.2) is 0 Å². The van der Waals surface area contributed by atoms with Crippen molar-refractivity contribution in [3.8, 4) is 34.1 Å². The quantitative estimate of drug-likeness (QED) is 0.519. The summed E-state index contributed by atoms with van der Waals surface area (Å²) in [5, 5.41) is 1.88. The normalized spacial score (nSPS) is 14.5. The van der Waals surface area contributed by atoms with Crippen LogP contribution in [0, 0.1) is 0 Å². The van der Waals surface area contributed by atoms with Crippen molar-refractivity contribution in [3.05, 3.63) is 77.2 Å². The van der Waals surface area contributed by atoms with E-state index in [4.69, 9.17) is 14.2 Å². The number of nitrogens with one attached hydrogen (secondary N) is 1. The van der Waals surface area contributed by atoms with Crippen molar-refractivity contribution in [2.75, 3.05) is 14.2 Å². The van der Waals surface area contributed by atoms with Gasteiger partial charge in [0.2, 0.25) is 0 Å². The highest BCUT2D eigenvalue weighted by Crippen LogP contribution is 2.35. The predicted octanol–water partition coefficient (Wildman–Crippen LogP) is 5.49. The summed E-state index contributed by atoms with van der Waals surface area (Å²) in [5.41, 5.74) is 2.68. The van der Waals surface area contributed by atoms with Gasteiger partial charge in [0.25, 0.3) is 11.1 Å². The summed E-state index contributed by atoms with van der Waals surface area (Å²) in [5.74, 6) is 2.39. The maximum absolute atomic E-state index is 11.7. The van der Waals surface area contributed by atoms with Crippen molar-refractivity contribution in [2.45, 2.75) is 0 Å². The average Bonchev–Trinajstić information content (AvgIpc) is 3.11. The zero-order valence-corrected chi connectivity index (χ0v) is 17.7. The molecule has 1 aliphatic rings. The summed E-state index contributed by atoms with van der Waals surface area (Å²) in [6, 6.07) is 20.7. The fourth-order valence-corrected chi connectivity index (χ4v) is 3.79. The summed E-state index contributed by atoms with van der Waals surface area (Å²) < 4.78 is 16.8. The molecule has 31 heavy (non-hydrogen) atoms. The Morgan fingerprint density at radius 2 is 1.61 bits per heavy atom. The van der Waals surface area contributed by atoms with Gasteiger partial charge in [-0.05, 0) is 65.4 Å². The van der Waals surface area contributed by atoms with Gasteiger partial charge in [0.15, 0.2) is 0 Å². The lowest BCUT2D eigenvalue weighted by molar-refractivity contribution is -0.115. The third-order valence-electron chi connectivity index (χ3n) is 4.61. The molecule has 1 heterocycles. The average molecular weight is 433 g/mol. The van der Waals surface area contributed by atoms with Crippen LogP contribution in [0.2, 0.25) is 0 Å². The summed E-state index contributed by atoms with van der Waals surface area (Å²) >= 11 is 0.892. The third kappa shape index (κ3) is 4.73. The monoisotopic (exact) mass is 433 g/mol. The minimum absolute atomic E-state index is 0.357. The van der Waals surface area contributed by atoms with Crippen molar-refractivity contribution >= 4 is 29.0 Å². The molecule has 0 saturated carbocycles. The lowest BCUT2D eigenvalue weighted by Crippen LogP contribution is -2.17. The molecule has 0 bridgehead atoms. The van der Waals surface area contributed by atoms with Gasteiger partial charge in [-0.15, -0.1) is 0 Å². The molecule has 0 radical (unpaired) electrons. The number of methoxy groups -OCH3 is 2. The number of hydrogen-bond acceptors (Lipinski definition) is 6. The summed E-state index contributed by atoms with van der Waals surface area (Å²) in [4.78, 5) is 23.3. The molecule has 2 amide bonds. The molecule has 1 N–H and O–H groups in total. The molecule has 1 saturated heterocycles. The Bertz CT molecular complexity index is 1170. The topological polar surface area (TPSA) is 73.9 Å². The highest BCUT2D eigenvalue weighted by atomic mass is 32.2. The molecule has 1 aliphatic heterocycles. The Hall–Kier alpha value is -3.71. The maximum Gasteiger partial charge on any atom is 0.290 e. The number of imide groups is 1. The summed E-state index contributed by atoms with van der Waals surface area (Å²) in [7, 11) is 3.24. The van der Waals surface area contributed by atoms with Gasteiger partial charge < -0.3 is 14.2 Å². The minimum Gasteiger partial charge on any atom is -0.497 e. The van der Waals surface area contributed by atoms with Gasteiger partial charge in [0.1, 0.15) is 23.0 Å². The van der Waals surface area contributed by atoms with Crippen LogP contribution in [0.1, 0.15) is 5.56 Å². The Morgan fingerprint density at radius 1 is 0.839 bits per heavy atom. The van der Waals surface area contributed by atoms with Crippen molar-refractivity contribution in [1.29, 1.82) is 0 Å². The molecule has 0 unspecified atom stereocenters. The van der Waals surface area contributed by atoms with Gasteiger partial charge in [-0.3, -0.25) is 14.9 Å². The molecule has 3 aromatic rings. The van der Waals surface area contributed by atoms with Crippen LogP contribution in [0.3, 0.4) is 0 Å². The first-order chi connectivity index (χ1) is 15.1. The zero-order chi connectivity index (χ0) is 21.8. The molecule has 0 aliphatic carbocycles. The number of carbonyl (C=O) groups is 2. The number of benzene rings is 3. The highest BCUT2D eigenvalue weighted by Gasteiger charge is 2.24. The number of ether oxygens (including phenoxy) is 3. The van der Waals surface area contributed by atoms with Crippen LogP contribution in [-0.4, -0.2) is 25.4 Å². The molecule has 156 valence electrons. The number of carbonyl (C=O) groups excluding carboxylic acids is 2. The fraction of sp³-hybridized carbons (Fsp3) is 0.0833. The SMILES string of the molecule is COc1ccc(-c2cccc(Oc3ccc(/C=C4\SC(=O)NC4=O)cc3)c2)c(OC)c1. The van der Waals surface area contributed by atoms with Crippen LogP contribution in [0.25, 0.3) is 17.2 Å². The van der Waals surface area contributed by atoms with Crippen molar-refractivity contribution in [1.82, 2.24) is 5.32 Å². The second-order valence-corrected chi connectivity index (χ2v) is 7.63.